The van der Waals surface area contributed by atoms with Gasteiger partial charge in [-0.05, 0) is 62.0 Å². The van der Waals surface area contributed by atoms with Crippen molar-refractivity contribution in [3.63, 3.8) is 0 Å². The first-order valence-corrected chi connectivity index (χ1v) is 12.3. The number of nitrogens with zero attached hydrogens (tertiary/aromatic N) is 1. The first-order chi connectivity index (χ1) is 14.7. The van der Waals surface area contributed by atoms with Crippen molar-refractivity contribution in [3.05, 3.63) is 65.7 Å². The highest BCUT2D eigenvalue weighted by Gasteiger charge is 2.39. The lowest BCUT2D eigenvalue weighted by molar-refractivity contribution is 0.0294. The molecule has 1 aliphatic rings. The van der Waals surface area contributed by atoms with Crippen LogP contribution in [0.15, 0.2) is 54.6 Å². The van der Waals surface area contributed by atoms with Gasteiger partial charge < -0.3 is 19.5 Å². The lowest BCUT2D eigenvalue weighted by Crippen LogP contribution is -2.38. The van der Waals surface area contributed by atoms with Gasteiger partial charge in [-0.25, -0.2) is 4.79 Å². The van der Waals surface area contributed by atoms with Gasteiger partial charge in [0.25, 0.3) is 5.59 Å². The molecule has 0 unspecified atom stereocenters. The van der Waals surface area contributed by atoms with Gasteiger partial charge in [0.1, 0.15) is 18.0 Å². The summed E-state index contributed by atoms with van der Waals surface area (Å²) in [6, 6.07) is 18.1. The molecule has 2 aromatic carbocycles. The molecule has 0 aliphatic carbocycles. The van der Waals surface area contributed by atoms with Crippen LogP contribution in [0.1, 0.15) is 38.3 Å². The van der Waals surface area contributed by atoms with Crippen LogP contribution in [-0.2, 0) is 17.4 Å². The predicted molar refractivity (Wildman–Crippen MR) is 121 cm³/mol. The Hall–Kier alpha value is -2.80. The number of likely N-dealkylation sites (tertiary alicyclic amines) is 1. The lowest BCUT2D eigenvalue weighted by atomic mass is 10.2. The van der Waals surface area contributed by atoms with Crippen LogP contribution in [0.3, 0.4) is 0 Å². The number of amides is 1. The molecule has 1 N–H and O–H groups in total. The van der Waals surface area contributed by atoms with Crippen molar-refractivity contribution < 1.29 is 24.2 Å². The first kappa shape index (κ1) is 22.9. The van der Waals surface area contributed by atoms with Gasteiger partial charge in [0.15, 0.2) is 0 Å². The molecule has 3 rings (SSSR count). The second-order valence-electron chi connectivity index (χ2n) is 8.84. The van der Waals surface area contributed by atoms with Crippen LogP contribution in [0.25, 0.3) is 0 Å². The minimum absolute atomic E-state index is 0.0103. The zero-order chi connectivity index (χ0) is 22.4. The van der Waals surface area contributed by atoms with Crippen molar-refractivity contribution in [2.45, 2.75) is 51.0 Å². The maximum absolute atomic E-state index is 12.3. The molecule has 31 heavy (non-hydrogen) atoms. The molecule has 165 valence electrons. The number of carbonyl (C=O) groups excluding carboxylic acids is 1. The Bertz CT molecular complexity index is 896. The Morgan fingerprint density at radius 2 is 1.81 bits per heavy atom. The van der Waals surface area contributed by atoms with Crippen molar-refractivity contribution in [2.24, 2.45) is 0 Å². The number of ether oxygens (including phenoxy) is 2. The van der Waals surface area contributed by atoms with Crippen LogP contribution in [-0.4, -0.2) is 49.2 Å². The molecule has 1 heterocycles. The molecule has 1 amide bonds. The van der Waals surface area contributed by atoms with Gasteiger partial charge in [-0.15, -0.1) is 0 Å². The summed E-state index contributed by atoms with van der Waals surface area (Å²) >= 11 is 0. The maximum Gasteiger partial charge on any atom is 0.410 e. The highest BCUT2D eigenvalue weighted by atomic mass is 28.3. The second kappa shape index (κ2) is 10.0. The Balaban J connectivity index is 1.61. The molecular formula is C24H30NO5Si. The summed E-state index contributed by atoms with van der Waals surface area (Å²) in [5.74, 6) is 0.731. The van der Waals surface area contributed by atoms with E-state index in [9.17, 15) is 14.7 Å². The topological polar surface area (TPSA) is 76.1 Å². The van der Waals surface area contributed by atoms with E-state index < -0.39 is 20.0 Å². The summed E-state index contributed by atoms with van der Waals surface area (Å²) in [5.41, 5.74) is 0.727. The summed E-state index contributed by atoms with van der Waals surface area (Å²) in [5, 5.41) is 9.91. The quantitative estimate of drug-likeness (QED) is 0.605. The first-order valence-electron chi connectivity index (χ1n) is 10.5. The number of benzene rings is 2. The van der Waals surface area contributed by atoms with Gasteiger partial charge in [0, 0.05) is 13.1 Å². The third kappa shape index (κ3) is 6.85. The number of rotatable bonds is 7. The van der Waals surface area contributed by atoms with E-state index in [0.29, 0.717) is 32.2 Å². The summed E-state index contributed by atoms with van der Waals surface area (Å²) in [6.45, 7) is 6.95. The van der Waals surface area contributed by atoms with E-state index in [2.05, 4.69) is 0 Å². The van der Waals surface area contributed by atoms with Crippen molar-refractivity contribution in [2.75, 3.05) is 13.1 Å². The molecule has 1 atom stereocenters. The Morgan fingerprint density at radius 1 is 1.10 bits per heavy atom. The fourth-order valence-corrected chi connectivity index (χ4v) is 6.00. The summed E-state index contributed by atoms with van der Waals surface area (Å²) in [7, 11) is -1.77. The van der Waals surface area contributed by atoms with Gasteiger partial charge in [-0.1, -0.05) is 42.5 Å². The molecular weight excluding hydrogens is 410 g/mol. The van der Waals surface area contributed by atoms with Gasteiger partial charge in [-0.2, -0.15) is 0 Å². The molecule has 0 bridgehead atoms. The van der Waals surface area contributed by atoms with Crippen LogP contribution >= 0.6 is 0 Å². The molecule has 2 aromatic rings. The highest BCUT2D eigenvalue weighted by Crippen LogP contribution is 2.29. The molecule has 1 radical (unpaired) electrons. The minimum atomic E-state index is -1.77. The van der Waals surface area contributed by atoms with Gasteiger partial charge in [0.2, 0.25) is 8.80 Å². The van der Waals surface area contributed by atoms with Gasteiger partial charge in [-0.3, -0.25) is 4.79 Å². The molecule has 1 aliphatic heterocycles. The largest absolute Gasteiger partial charge is 0.489 e. The third-order valence-electron chi connectivity index (χ3n) is 5.15. The van der Waals surface area contributed by atoms with Crippen molar-refractivity contribution in [3.8, 4) is 5.75 Å². The standard InChI is InChI=1S/C24H30NO5Si/c1-24(2,3)30-22(26)25-13-12-21(15-25)31(23(27)28)17-19-10-7-11-20(14-19)29-16-18-8-5-4-6-9-18/h4-11,14,21H,12-13,15-17H2,1-3H3,(H,27,28)/t21-/m0/s1. The third-order valence-corrected chi connectivity index (χ3v) is 7.94. The monoisotopic (exact) mass is 440 g/mol. The SMILES string of the molecule is CC(C)(C)OC(=O)N1CC[C@H]([Si](Cc2cccc(OCc3ccccc3)c2)C(=O)O)C1. The van der Waals surface area contributed by atoms with Crippen LogP contribution in [0.4, 0.5) is 9.59 Å². The average Bonchev–Trinajstić information content (AvgIpc) is 3.20. The fourth-order valence-electron chi connectivity index (χ4n) is 3.64. The van der Waals surface area contributed by atoms with E-state index in [1.54, 1.807) is 4.90 Å². The van der Waals surface area contributed by atoms with Gasteiger partial charge >= 0.3 is 6.09 Å². The highest BCUT2D eigenvalue weighted by molar-refractivity contribution is 6.89. The molecule has 6 nitrogen and oxygen atoms in total. The number of carbonyl (C=O) groups is 2. The Labute approximate surface area is 185 Å². The summed E-state index contributed by atoms with van der Waals surface area (Å²) < 4.78 is 11.3. The van der Waals surface area contributed by atoms with E-state index in [1.807, 2.05) is 75.4 Å². The number of hydrogen-bond donors (Lipinski definition) is 1. The zero-order valence-corrected chi connectivity index (χ0v) is 19.3. The molecule has 0 aromatic heterocycles. The predicted octanol–water partition coefficient (Wildman–Crippen LogP) is 5.11. The molecule has 0 saturated carbocycles. The minimum Gasteiger partial charge on any atom is -0.489 e. The molecule has 1 saturated heterocycles. The Morgan fingerprint density at radius 3 is 2.48 bits per heavy atom. The van der Waals surface area contributed by atoms with Gasteiger partial charge in [0.05, 0.1) is 0 Å². The van der Waals surface area contributed by atoms with E-state index in [1.165, 1.54) is 0 Å². The zero-order valence-electron chi connectivity index (χ0n) is 18.3. The van der Waals surface area contributed by atoms with Crippen molar-refractivity contribution in [1.29, 1.82) is 0 Å². The molecule has 1 fully saturated rings. The summed E-state index contributed by atoms with van der Waals surface area (Å²) in [6.07, 6.45) is 0.336. The van der Waals surface area contributed by atoms with Crippen molar-refractivity contribution >= 4 is 20.5 Å². The van der Waals surface area contributed by atoms with E-state index in [-0.39, 0.29) is 11.6 Å². The smallest absolute Gasteiger partial charge is 0.410 e. The fraction of sp³-hybridized carbons (Fsp3) is 0.417. The number of carboxylic acid groups (broad SMARTS) is 1. The van der Waals surface area contributed by atoms with E-state index >= 15 is 0 Å². The average molecular weight is 441 g/mol. The van der Waals surface area contributed by atoms with Crippen LogP contribution < -0.4 is 4.74 Å². The number of hydrogen-bond acceptors (Lipinski definition) is 4. The normalized spacial score (nSPS) is 16.4. The molecule has 7 heteroatoms. The van der Waals surface area contributed by atoms with E-state index in [4.69, 9.17) is 9.47 Å². The summed E-state index contributed by atoms with van der Waals surface area (Å²) in [4.78, 5) is 26.1. The van der Waals surface area contributed by atoms with Crippen LogP contribution in [0.5, 0.6) is 5.75 Å². The van der Waals surface area contributed by atoms with Crippen LogP contribution in [0.2, 0.25) is 5.54 Å². The maximum atomic E-state index is 12.3. The van der Waals surface area contributed by atoms with E-state index in [0.717, 1.165) is 16.9 Å². The van der Waals surface area contributed by atoms with Crippen LogP contribution in [0, 0.1) is 0 Å². The Kier molecular flexibility index (Phi) is 7.38. The molecule has 0 spiro atoms. The lowest BCUT2D eigenvalue weighted by Gasteiger charge is -2.25. The van der Waals surface area contributed by atoms with Crippen molar-refractivity contribution in [1.82, 2.24) is 4.90 Å². The second-order valence-corrected chi connectivity index (χ2v) is 11.5.